The monoisotopic (exact) mass is 281 g/mol. The predicted octanol–water partition coefficient (Wildman–Crippen LogP) is 4.31. The van der Waals surface area contributed by atoms with Crippen LogP contribution in [0.5, 0.6) is 0 Å². The largest absolute Gasteiger partial charge is 0.467 e. The predicted molar refractivity (Wildman–Crippen MR) is 81.9 cm³/mol. The Morgan fingerprint density at radius 3 is 2.43 bits per heavy atom. The van der Waals surface area contributed by atoms with Crippen molar-refractivity contribution in [2.75, 3.05) is 0 Å². The van der Waals surface area contributed by atoms with Crippen molar-refractivity contribution in [1.29, 1.82) is 0 Å². The molecule has 21 heavy (non-hydrogen) atoms. The molecule has 3 rings (SSSR count). The minimum Gasteiger partial charge on any atom is -0.467 e. The van der Waals surface area contributed by atoms with E-state index in [0.717, 1.165) is 23.7 Å². The standard InChI is InChI=1S/C18H19NO2/c1-2-15-10-11-16(21-15)13-19-18(17-9-6-12-20-17)14-7-4-3-5-8-14/h3-12,18-19H,2,13H2,1H3. The van der Waals surface area contributed by atoms with Gasteiger partial charge in [0, 0.05) is 6.42 Å². The quantitative estimate of drug-likeness (QED) is 0.731. The summed E-state index contributed by atoms with van der Waals surface area (Å²) >= 11 is 0. The van der Waals surface area contributed by atoms with Gasteiger partial charge in [-0.1, -0.05) is 37.3 Å². The molecule has 1 unspecified atom stereocenters. The molecule has 0 radical (unpaired) electrons. The second-order valence-corrected chi connectivity index (χ2v) is 4.96. The molecule has 0 spiro atoms. The van der Waals surface area contributed by atoms with Crippen molar-refractivity contribution < 1.29 is 8.83 Å². The fourth-order valence-corrected chi connectivity index (χ4v) is 2.39. The van der Waals surface area contributed by atoms with Crippen molar-refractivity contribution in [3.8, 4) is 0 Å². The maximum Gasteiger partial charge on any atom is 0.125 e. The topological polar surface area (TPSA) is 38.3 Å². The second kappa shape index (κ2) is 6.46. The van der Waals surface area contributed by atoms with E-state index in [0.29, 0.717) is 6.54 Å². The van der Waals surface area contributed by atoms with Gasteiger partial charge in [-0.05, 0) is 29.8 Å². The molecule has 0 saturated heterocycles. The molecule has 3 heteroatoms. The Labute approximate surface area is 124 Å². The summed E-state index contributed by atoms with van der Waals surface area (Å²) in [6.45, 7) is 2.76. The second-order valence-electron chi connectivity index (χ2n) is 4.96. The van der Waals surface area contributed by atoms with E-state index < -0.39 is 0 Å². The number of furan rings is 2. The van der Waals surface area contributed by atoms with Crippen molar-refractivity contribution in [3.05, 3.63) is 83.7 Å². The molecule has 0 aliphatic rings. The van der Waals surface area contributed by atoms with Gasteiger partial charge < -0.3 is 8.83 Å². The third kappa shape index (κ3) is 3.26. The van der Waals surface area contributed by atoms with Crippen LogP contribution < -0.4 is 5.32 Å². The average molecular weight is 281 g/mol. The zero-order valence-electron chi connectivity index (χ0n) is 12.1. The molecule has 0 aliphatic heterocycles. The molecule has 1 aromatic carbocycles. The van der Waals surface area contributed by atoms with E-state index in [1.165, 1.54) is 5.56 Å². The van der Waals surface area contributed by atoms with Gasteiger partial charge in [-0.2, -0.15) is 0 Å². The summed E-state index contributed by atoms with van der Waals surface area (Å²) in [5.74, 6) is 2.86. The normalized spacial score (nSPS) is 12.4. The van der Waals surface area contributed by atoms with E-state index in [9.17, 15) is 0 Å². The minimum atomic E-state index is 0.0244. The summed E-state index contributed by atoms with van der Waals surface area (Å²) in [7, 11) is 0. The van der Waals surface area contributed by atoms with Crippen LogP contribution >= 0.6 is 0 Å². The van der Waals surface area contributed by atoms with E-state index in [4.69, 9.17) is 8.83 Å². The van der Waals surface area contributed by atoms with Crippen molar-refractivity contribution in [1.82, 2.24) is 5.32 Å². The summed E-state index contributed by atoms with van der Waals surface area (Å²) in [6.07, 6.45) is 2.62. The number of nitrogens with one attached hydrogen (secondary N) is 1. The molecule has 1 N–H and O–H groups in total. The van der Waals surface area contributed by atoms with Gasteiger partial charge in [0.2, 0.25) is 0 Å². The van der Waals surface area contributed by atoms with Crippen molar-refractivity contribution in [2.45, 2.75) is 25.9 Å². The Morgan fingerprint density at radius 2 is 1.76 bits per heavy atom. The highest BCUT2D eigenvalue weighted by atomic mass is 16.3. The summed E-state index contributed by atoms with van der Waals surface area (Å²) in [4.78, 5) is 0. The maximum absolute atomic E-state index is 5.74. The van der Waals surface area contributed by atoms with Gasteiger partial charge >= 0.3 is 0 Å². The molecule has 0 fully saturated rings. The van der Waals surface area contributed by atoms with Crippen LogP contribution in [-0.4, -0.2) is 0 Å². The fourth-order valence-electron chi connectivity index (χ4n) is 2.39. The van der Waals surface area contributed by atoms with Crippen LogP contribution in [0.25, 0.3) is 0 Å². The van der Waals surface area contributed by atoms with Gasteiger partial charge in [-0.15, -0.1) is 0 Å². The lowest BCUT2D eigenvalue weighted by atomic mass is 10.0. The van der Waals surface area contributed by atoms with Crippen LogP contribution in [0.1, 0.15) is 35.8 Å². The van der Waals surface area contributed by atoms with Crippen LogP contribution in [0.15, 0.2) is 69.7 Å². The number of rotatable bonds is 6. The van der Waals surface area contributed by atoms with Gasteiger partial charge in [-0.25, -0.2) is 0 Å². The number of hydrogen-bond donors (Lipinski definition) is 1. The Bertz CT molecular complexity index is 656. The summed E-state index contributed by atoms with van der Waals surface area (Å²) < 4.78 is 11.3. The highest BCUT2D eigenvalue weighted by Crippen LogP contribution is 2.23. The molecule has 3 aromatic rings. The molecular formula is C18H19NO2. The third-order valence-electron chi connectivity index (χ3n) is 3.51. The van der Waals surface area contributed by atoms with Crippen molar-refractivity contribution >= 4 is 0 Å². The van der Waals surface area contributed by atoms with E-state index in [2.05, 4.69) is 24.4 Å². The first kappa shape index (κ1) is 13.7. The van der Waals surface area contributed by atoms with E-state index in [1.807, 2.05) is 42.5 Å². The van der Waals surface area contributed by atoms with Gasteiger partial charge in [0.05, 0.1) is 18.8 Å². The zero-order valence-corrected chi connectivity index (χ0v) is 12.1. The van der Waals surface area contributed by atoms with E-state index in [1.54, 1.807) is 6.26 Å². The molecule has 0 bridgehead atoms. The van der Waals surface area contributed by atoms with Gasteiger partial charge in [0.15, 0.2) is 0 Å². The summed E-state index contributed by atoms with van der Waals surface area (Å²) in [6, 6.07) is 18.3. The Balaban J connectivity index is 1.77. The van der Waals surface area contributed by atoms with Gasteiger partial charge in [0.1, 0.15) is 17.3 Å². The Hall–Kier alpha value is -2.26. The van der Waals surface area contributed by atoms with Crippen LogP contribution in [0.4, 0.5) is 0 Å². The Morgan fingerprint density at radius 1 is 0.952 bits per heavy atom. The fraction of sp³-hybridized carbons (Fsp3) is 0.222. The summed E-state index contributed by atoms with van der Waals surface area (Å²) in [5.41, 5.74) is 1.18. The molecular weight excluding hydrogens is 262 g/mol. The third-order valence-corrected chi connectivity index (χ3v) is 3.51. The van der Waals surface area contributed by atoms with Gasteiger partial charge in [-0.3, -0.25) is 5.32 Å². The van der Waals surface area contributed by atoms with E-state index in [-0.39, 0.29) is 6.04 Å². The highest BCUT2D eigenvalue weighted by Gasteiger charge is 2.16. The van der Waals surface area contributed by atoms with Crippen LogP contribution in [0.2, 0.25) is 0 Å². The molecule has 3 nitrogen and oxygen atoms in total. The lowest BCUT2D eigenvalue weighted by Gasteiger charge is -2.16. The lowest BCUT2D eigenvalue weighted by Crippen LogP contribution is -2.21. The maximum atomic E-state index is 5.74. The molecule has 0 saturated carbocycles. The van der Waals surface area contributed by atoms with Crippen LogP contribution in [0, 0.1) is 0 Å². The van der Waals surface area contributed by atoms with Crippen molar-refractivity contribution in [3.63, 3.8) is 0 Å². The highest BCUT2D eigenvalue weighted by molar-refractivity contribution is 5.26. The SMILES string of the molecule is CCc1ccc(CNC(c2ccccc2)c2ccco2)o1. The molecule has 2 heterocycles. The molecule has 108 valence electrons. The van der Waals surface area contributed by atoms with Gasteiger partial charge in [0.25, 0.3) is 0 Å². The lowest BCUT2D eigenvalue weighted by molar-refractivity contribution is 0.410. The summed E-state index contributed by atoms with van der Waals surface area (Å²) in [5, 5.41) is 3.50. The van der Waals surface area contributed by atoms with E-state index >= 15 is 0 Å². The molecule has 1 atom stereocenters. The smallest absolute Gasteiger partial charge is 0.125 e. The van der Waals surface area contributed by atoms with Crippen molar-refractivity contribution in [2.24, 2.45) is 0 Å². The number of benzene rings is 1. The molecule has 0 amide bonds. The first-order valence-corrected chi connectivity index (χ1v) is 7.26. The molecule has 2 aromatic heterocycles. The minimum absolute atomic E-state index is 0.0244. The first-order valence-electron chi connectivity index (χ1n) is 7.26. The Kier molecular flexibility index (Phi) is 4.22. The zero-order chi connectivity index (χ0) is 14.5. The first-order chi connectivity index (χ1) is 10.4. The average Bonchev–Trinajstić information content (AvgIpc) is 3.20. The van der Waals surface area contributed by atoms with Crippen LogP contribution in [-0.2, 0) is 13.0 Å². The molecule has 0 aliphatic carbocycles. The van der Waals surface area contributed by atoms with Crippen LogP contribution in [0.3, 0.4) is 0 Å². The number of hydrogen-bond acceptors (Lipinski definition) is 3. The number of aryl methyl sites for hydroxylation is 1.